The van der Waals surface area contributed by atoms with E-state index >= 15 is 0 Å². The average molecular weight is 254 g/mol. The summed E-state index contributed by atoms with van der Waals surface area (Å²) in [7, 11) is 0. The molecule has 1 aliphatic rings. The second-order valence-corrected chi connectivity index (χ2v) is 4.49. The number of rotatable bonds is 1. The van der Waals surface area contributed by atoms with Crippen LogP contribution in [0.3, 0.4) is 0 Å². The highest BCUT2D eigenvalue weighted by Gasteiger charge is 2.55. The Bertz CT molecular complexity index is 292. The fraction of sp³-hybridized carbons (Fsp3) is 0.900. The molecule has 2 atom stereocenters. The van der Waals surface area contributed by atoms with E-state index in [0.717, 1.165) is 4.90 Å². The monoisotopic (exact) mass is 254 g/mol. The van der Waals surface area contributed by atoms with E-state index in [1.165, 1.54) is 0 Å². The van der Waals surface area contributed by atoms with Gasteiger partial charge in [0.1, 0.15) is 0 Å². The number of hydrogen-bond donors (Lipinski definition) is 1. The van der Waals surface area contributed by atoms with Crippen LogP contribution in [-0.2, 0) is 9.53 Å². The van der Waals surface area contributed by atoms with Gasteiger partial charge in [-0.15, -0.1) is 0 Å². The molecule has 1 fully saturated rings. The zero-order chi connectivity index (χ0) is 13.3. The third-order valence-electron chi connectivity index (χ3n) is 2.77. The number of ether oxygens (including phenoxy) is 1. The molecule has 0 spiro atoms. The van der Waals surface area contributed by atoms with E-state index in [4.69, 9.17) is 10.5 Å². The van der Waals surface area contributed by atoms with Crippen molar-refractivity contribution in [2.24, 2.45) is 5.73 Å². The molecule has 1 aliphatic heterocycles. The second-order valence-electron chi connectivity index (χ2n) is 4.49. The summed E-state index contributed by atoms with van der Waals surface area (Å²) in [6.45, 7) is 3.24. The lowest BCUT2D eigenvalue weighted by atomic mass is 10.0. The number of halogens is 3. The van der Waals surface area contributed by atoms with Gasteiger partial charge in [-0.2, -0.15) is 13.2 Å². The summed E-state index contributed by atoms with van der Waals surface area (Å²) >= 11 is 0. The Kier molecular flexibility index (Phi) is 4.03. The quantitative estimate of drug-likeness (QED) is 0.756. The lowest BCUT2D eigenvalue weighted by molar-refractivity contribution is -0.194. The molecular weight excluding hydrogens is 237 g/mol. The summed E-state index contributed by atoms with van der Waals surface area (Å²) < 4.78 is 43.2. The van der Waals surface area contributed by atoms with Crippen molar-refractivity contribution in [3.05, 3.63) is 0 Å². The van der Waals surface area contributed by atoms with Crippen molar-refractivity contribution in [1.82, 2.24) is 4.90 Å². The maximum absolute atomic E-state index is 12.6. The number of alkyl halides is 3. The van der Waals surface area contributed by atoms with E-state index in [1.807, 2.05) is 0 Å². The Labute approximate surface area is 97.9 Å². The third kappa shape index (κ3) is 3.10. The van der Waals surface area contributed by atoms with E-state index < -0.39 is 17.6 Å². The van der Waals surface area contributed by atoms with Crippen LogP contribution in [0.1, 0.15) is 20.3 Å². The van der Waals surface area contributed by atoms with Gasteiger partial charge in [0.25, 0.3) is 5.91 Å². The van der Waals surface area contributed by atoms with Crippen LogP contribution >= 0.6 is 0 Å². The molecule has 0 aromatic rings. The Hall–Kier alpha value is -0.820. The highest BCUT2D eigenvalue weighted by Crippen LogP contribution is 2.30. The van der Waals surface area contributed by atoms with Crippen molar-refractivity contribution in [3.8, 4) is 0 Å². The summed E-state index contributed by atoms with van der Waals surface area (Å²) in [5.74, 6) is -1.10. The van der Waals surface area contributed by atoms with Crippen molar-refractivity contribution in [2.45, 2.75) is 38.1 Å². The van der Waals surface area contributed by atoms with Gasteiger partial charge < -0.3 is 15.4 Å². The minimum atomic E-state index is -4.75. The molecule has 0 aromatic heterocycles. The van der Waals surface area contributed by atoms with Crippen molar-refractivity contribution in [1.29, 1.82) is 0 Å². The zero-order valence-corrected chi connectivity index (χ0v) is 9.88. The first-order valence-corrected chi connectivity index (χ1v) is 5.43. The van der Waals surface area contributed by atoms with E-state index in [9.17, 15) is 18.0 Å². The highest BCUT2D eigenvalue weighted by molar-refractivity contribution is 5.86. The number of nitrogens with zero attached hydrogens (tertiary/aromatic N) is 1. The number of amides is 1. The van der Waals surface area contributed by atoms with Crippen LogP contribution in [0, 0.1) is 0 Å². The SMILES string of the molecule is CC1CN(C(=O)C(C)(N)C(F)(F)F)CCCO1. The molecule has 17 heavy (non-hydrogen) atoms. The van der Waals surface area contributed by atoms with Crippen molar-refractivity contribution >= 4 is 5.91 Å². The Balaban J connectivity index is 2.81. The summed E-state index contributed by atoms with van der Waals surface area (Å²) in [6.07, 6.45) is -4.50. The Morgan fingerprint density at radius 2 is 2.06 bits per heavy atom. The molecule has 0 radical (unpaired) electrons. The standard InChI is InChI=1S/C10H17F3N2O2/c1-7-6-15(4-3-5-17-7)8(16)9(2,14)10(11,12)13/h7H,3-6,14H2,1-2H3. The average Bonchev–Trinajstić information content (AvgIpc) is 2.39. The minimum absolute atomic E-state index is 0.141. The summed E-state index contributed by atoms with van der Waals surface area (Å²) in [4.78, 5) is 12.9. The first-order chi connectivity index (χ1) is 7.66. The molecule has 1 amide bonds. The lowest BCUT2D eigenvalue weighted by Crippen LogP contribution is -2.62. The molecule has 0 aliphatic carbocycles. The van der Waals surface area contributed by atoms with Gasteiger partial charge in [0.15, 0.2) is 5.54 Å². The van der Waals surface area contributed by atoms with Crippen molar-refractivity contribution < 1.29 is 22.7 Å². The maximum Gasteiger partial charge on any atom is 0.415 e. The molecule has 1 rings (SSSR count). The topological polar surface area (TPSA) is 55.6 Å². The van der Waals surface area contributed by atoms with Gasteiger partial charge in [0, 0.05) is 19.7 Å². The van der Waals surface area contributed by atoms with E-state index in [2.05, 4.69) is 0 Å². The first kappa shape index (κ1) is 14.2. The summed E-state index contributed by atoms with van der Waals surface area (Å²) in [5.41, 5.74) is 2.27. The molecule has 100 valence electrons. The second kappa shape index (κ2) is 4.81. The minimum Gasteiger partial charge on any atom is -0.377 e. The molecular formula is C10H17F3N2O2. The van der Waals surface area contributed by atoms with Crippen LogP contribution in [0.2, 0.25) is 0 Å². The number of nitrogens with two attached hydrogens (primary N) is 1. The summed E-state index contributed by atoms with van der Waals surface area (Å²) in [5, 5.41) is 0. The third-order valence-corrected chi connectivity index (χ3v) is 2.77. The predicted molar refractivity (Wildman–Crippen MR) is 55.3 cm³/mol. The number of hydrogen-bond acceptors (Lipinski definition) is 3. The fourth-order valence-corrected chi connectivity index (χ4v) is 1.63. The molecule has 0 aromatic carbocycles. The lowest BCUT2D eigenvalue weighted by Gasteiger charge is -2.32. The van der Waals surface area contributed by atoms with Crippen molar-refractivity contribution in [3.63, 3.8) is 0 Å². The van der Waals surface area contributed by atoms with Crippen LogP contribution < -0.4 is 5.73 Å². The molecule has 0 bridgehead atoms. The number of carbonyl (C=O) groups is 1. The van der Waals surface area contributed by atoms with Gasteiger partial charge in [-0.3, -0.25) is 4.79 Å². The van der Waals surface area contributed by atoms with Gasteiger partial charge in [-0.1, -0.05) is 0 Å². The smallest absolute Gasteiger partial charge is 0.377 e. The fourth-order valence-electron chi connectivity index (χ4n) is 1.63. The van der Waals surface area contributed by atoms with Crippen LogP contribution in [0.25, 0.3) is 0 Å². The van der Waals surface area contributed by atoms with Gasteiger partial charge >= 0.3 is 6.18 Å². The molecule has 2 unspecified atom stereocenters. The van der Waals surface area contributed by atoms with E-state index in [-0.39, 0.29) is 19.2 Å². The van der Waals surface area contributed by atoms with Crippen LogP contribution in [0.4, 0.5) is 13.2 Å². The molecule has 7 heteroatoms. The highest BCUT2D eigenvalue weighted by atomic mass is 19.4. The molecule has 1 saturated heterocycles. The zero-order valence-electron chi connectivity index (χ0n) is 9.88. The first-order valence-electron chi connectivity index (χ1n) is 5.43. The molecule has 2 N–H and O–H groups in total. The predicted octanol–water partition coefficient (Wildman–Crippen LogP) is 0.903. The van der Waals surface area contributed by atoms with Gasteiger partial charge in [-0.25, -0.2) is 0 Å². The molecule has 1 heterocycles. The van der Waals surface area contributed by atoms with Gasteiger partial charge in [0.2, 0.25) is 0 Å². The van der Waals surface area contributed by atoms with E-state index in [0.29, 0.717) is 20.0 Å². The van der Waals surface area contributed by atoms with E-state index in [1.54, 1.807) is 6.92 Å². The van der Waals surface area contributed by atoms with Crippen LogP contribution in [0.15, 0.2) is 0 Å². The molecule has 4 nitrogen and oxygen atoms in total. The molecule has 0 saturated carbocycles. The Morgan fingerprint density at radius 1 is 1.47 bits per heavy atom. The van der Waals surface area contributed by atoms with Crippen LogP contribution in [0.5, 0.6) is 0 Å². The number of carbonyl (C=O) groups excluding carboxylic acids is 1. The van der Waals surface area contributed by atoms with Crippen molar-refractivity contribution in [2.75, 3.05) is 19.7 Å². The largest absolute Gasteiger partial charge is 0.415 e. The maximum atomic E-state index is 12.6. The normalized spacial score (nSPS) is 26.2. The summed E-state index contributed by atoms with van der Waals surface area (Å²) in [6, 6.07) is 0. The Morgan fingerprint density at radius 3 is 2.59 bits per heavy atom. The van der Waals surface area contributed by atoms with Gasteiger partial charge in [0.05, 0.1) is 6.10 Å². The van der Waals surface area contributed by atoms with Crippen LogP contribution in [-0.4, -0.2) is 48.3 Å². The van der Waals surface area contributed by atoms with Gasteiger partial charge in [-0.05, 0) is 20.3 Å².